The number of aromatic nitrogens is 1. The van der Waals surface area contributed by atoms with Gasteiger partial charge in [0.15, 0.2) is 0 Å². The molecule has 2 fully saturated rings. The number of hydrogen-bond acceptors (Lipinski definition) is 3. The Morgan fingerprint density at radius 2 is 1.92 bits per heavy atom. The minimum atomic E-state index is -0.182. The van der Waals surface area contributed by atoms with Crippen molar-refractivity contribution in [3.8, 4) is 0 Å². The number of aliphatic hydroxyl groups is 1. The van der Waals surface area contributed by atoms with Gasteiger partial charge in [0.25, 0.3) is 0 Å². The SMILES string of the molecule is Cn1cc(CC(=O)N2CCN(C3CCCC3O)CC2)c2ccccc21. The molecular formula is C20H27N3O2. The Balaban J connectivity index is 1.39. The first-order chi connectivity index (χ1) is 12.1. The van der Waals surface area contributed by atoms with E-state index in [0.29, 0.717) is 12.5 Å². The van der Waals surface area contributed by atoms with Crippen molar-refractivity contribution < 1.29 is 9.90 Å². The van der Waals surface area contributed by atoms with Crippen LogP contribution in [0.5, 0.6) is 0 Å². The van der Waals surface area contributed by atoms with Gasteiger partial charge in [0.1, 0.15) is 0 Å². The molecule has 4 rings (SSSR count). The zero-order valence-electron chi connectivity index (χ0n) is 14.9. The molecule has 2 aliphatic rings. The number of rotatable bonds is 3. The van der Waals surface area contributed by atoms with Crippen molar-refractivity contribution in [3.63, 3.8) is 0 Å². The van der Waals surface area contributed by atoms with Gasteiger partial charge in [0, 0.05) is 56.4 Å². The first kappa shape index (κ1) is 16.6. The number of nitrogens with zero attached hydrogens (tertiary/aromatic N) is 3. The summed E-state index contributed by atoms with van der Waals surface area (Å²) < 4.78 is 2.09. The average Bonchev–Trinajstić information content (AvgIpc) is 3.19. The number of carbonyl (C=O) groups is 1. The largest absolute Gasteiger partial charge is 0.391 e. The van der Waals surface area contributed by atoms with Crippen molar-refractivity contribution in [3.05, 3.63) is 36.0 Å². The normalized spacial score (nSPS) is 25.0. The van der Waals surface area contributed by atoms with E-state index in [1.165, 1.54) is 10.9 Å². The van der Waals surface area contributed by atoms with E-state index in [0.717, 1.165) is 51.0 Å². The van der Waals surface area contributed by atoms with Gasteiger partial charge in [-0.25, -0.2) is 0 Å². The van der Waals surface area contributed by atoms with Gasteiger partial charge in [0.2, 0.25) is 5.91 Å². The number of piperazine rings is 1. The minimum Gasteiger partial charge on any atom is -0.391 e. The summed E-state index contributed by atoms with van der Waals surface area (Å²) in [5.41, 5.74) is 2.28. The number of aliphatic hydroxyl groups excluding tert-OH is 1. The minimum absolute atomic E-state index is 0.182. The van der Waals surface area contributed by atoms with E-state index >= 15 is 0 Å². The van der Waals surface area contributed by atoms with Gasteiger partial charge >= 0.3 is 0 Å². The highest BCUT2D eigenvalue weighted by Gasteiger charge is 2.33. The van der Waals surface area contributed by atoms with Crippen LogP contribution in [-0.2, 0) is 18.3 Å². The van der Waals surface area contributed by atoms with Crippen molar-refractivity contribution in [1.82, 2.24) is 14.4 Å². The molecule has 1 aliphatic heterocycles. The fourth-order valence-corrected chi connectivity index (χ4v) is 4.49. The first-order valence-corrected chi connectivity index (χ1v) is 9.36. The Labute approximate surface area is 148 Å². The molecule has 25 heavy (non-hydrogen) atoms. The Bertz CT molecular complexity index is 761. The zero-order valence-corrected chi connectivity index (χ0v) is 14.9. The number of fused-ring (bicyclic) bond motifs is 1. The third kappa shape index (κ3) is 3.18. The molecule has 2 atom stereocenters. The maximum absolute atomic E-state index is 12.8. The van der Waals surface area contributed by atoms with E-state index in [9.17, 15) is 9.90 Å². The number of amides is 1. The topological polar surface area (TPSA) is 48.7 Å². The lowest BCUT2D eigenvalue weighted by Gasteiger charge is -2.39. The molecule has 1 saturated carbocycles. The molecule has 1 aromatic heterocycles. The van der Waals surface area contributed by atoms with Gasteiger partial charge in [-0.05, 0) is 30.9 Å². The highest BCUT2D eigenvalue weighted by Crippen LogP contribution is 2.25. The summed E-state index contributed by atoms with van der Waals surface area (Å²) in [4.78, 5) is 17.1. The smallest absolute Gasteiger partial charge is 0.227 e. The second-order valence-electron chi connectivity index (χ2n) is 7.44. The summed E-state index contributed by atoms with van der Waals surface area (Å²) in [6.45, 7) is 3.30. The maximum atomic E-state index is 12.8. The van der Waals surface area contributed by atoms with Crippen molar-refractivity contribution in [2.75, 3.05) is 26.2 Å². The second kappa shape index (κ2) is 6.81. The molecule has 1 N–H and O–H groups in total. The number of aryl methyl sites for hydroxylation is 1. The van der Waals surface area contributed by atoms with Gasteiger partial charge < -0.3 is 14.6 Å². The Morgan fingerprint density at radius 3 is 2.64 bits per heavy atom. The van der Waals surface area contributed by atoms with E-state index in [4.69, 9.17) is 0 Å². The Hall–Kier alpha value is -1.85. The predicted molar refractivity (Wildman–Crippen MR) is 98.4 cm³/mol. The fraction of sp³-hybridized carbons (Fsp3) is 0.550. The van der Waals surface area contributed by atoms with E-state index < -0.39 is 0 Å². The molecule has 1 aromatic carbocycles. The van der Waals surface area contributed by atoms with Gasteiger partial charge in [-0.3, -0.25) is 9.69 Å². The second-order valence-corrected chi connectivity index (χ2v) is 7.44. The van der Waals surface area contributed by atoms with E-state index in [1.807, 2.05) is 24.1 Å². The molecule has 5 heteroatoms. The van der Waals surface area contributed by atoms with Crippen LogP contribution in [-0.4, -0.2) is 63.7 Å². The third-order valence-corrected chi connectivity index (χ3v) is 5.90. The summed E-state index contributed by atoms with van der Waals surface area (Å²) in [5, 5.41) is 11.3. The lowest BCUT2D eigenvalue weighted by molar-refractivity contribution is -0.132. The molecule has 1 aliphatic carbocycles. The number of benzene rings is 1. The van der Waals surface area contributed by atoms with Crippen LogP contribution in [0.1, 0.15) is 24.8 Å². The van der Waals surface area contributed by atoms with E-state index in [-0.39, 0.29) is 12.0 Å². The van der Waals surface area contributed by atoms with Gasteiger partial charge in [-0.2, -0.15) is 0 Å². The first-order valence-electron chi connectivity index (χ1n) is 9.36. The Kier molecular flexibility index (Phi) is 4.52. The highest BCUT2D eigenvalue weighted by molar-refractivity contribution is 5.89. The van der Waals surface area contributed by atoms with Crippen LogP contribution in [0.4, 0.5) is 0 Å². The fourth-order valence-electron chi connectivity index (χ4n) is 4.49. The van der Waals surface area contributed by atoms with Crippen LogP contribution in [0, 0.1) is 0 Å². The quantitative estimate of drug-likeness (QED) is 0.926. The Morgan fingerprint density at radius 1 is 1.16 bits per heavy atom. The zero-order chi connectivity index (χ0) is 17.4. The van der Waals surface area contributed by atoms with E-state index in [2.05, 4.69) is 27.8 Å². The lowest BCUT2D eigenvalue weighted by Crippen LogP contribution is -2.53. The van der Waals surface area contributed by atoms with Crippen LogP contribution < -0.4 is 0 Å². The molecule has 1 amide bonds. The summed E-state index contributed by atoms with van der Waals surface area (Å²) in [7, 11) is 2.03. The lowest BCUT2D eigenvalue weighted by atomic mass is 10.1. The van der Waals surface area contributed by atoms with Gasteiger partial charge in [-0.15, -0.1) is 0 Å². The molecular weight excluding hydrogens is 314 g/mol. The van der Waals surface area contributed by atoms with Crippen LogP contribution in [0.2, 0.25) is 0 Å². The van der Waals surface area contributed by atoms with Crippen molar-refractivity contribution in [2.24, 2.45) is 7.05 Å². The van der Waals surface area contributed by atoms with Crippen LogP contribution in [0.25, 0.3) is 10.9 Å². The molecule has 134 valence electrons. The van der Waals surface area contributed by atoms with Crippen LogP contribution in [0.15, 0.2) is 30.5 Å². The standard InChI is InChI=1S/C20H27N3O2/c1-21-14-15(16-5-2-3-6-17(16)21)13-20(25)23-11-9-22(10-12-23)18-7-4-8-19(18)24/h2-3,5-6,14,18-19,24H,4,7-13H2,1H3. The molecule has 1 saturated heterocycles. The van der Waals surface area contributed by atoms with Crippen molar-refractivity contribution in [2.45, 2.75) is 37.8 Å². The summed E-state index contributed by atoms with van der Waals surface area (Å²) in [6.07, 6.45) is 5.49. The van der Waals surface area contributed by atoms with Crippen molar-refractivity contribution in [1.29, 1.82) is 0 Å². The molecule has 2 aromatic rings. The monoisotopic (exact) mass is 341 g/mol. The molecule has 0 bridgehead atoms. The number of carbonyl (C=O) groups excluding carboxylic acids is 1. The predicted octanol–water partition coefficient (Wildman–Crippen LogP) is 1.78. The van der Waals surface area contributed by atoms with Gasteiger partial charge in [-0.1, -0.05) is 18.2 Å². The average molecular weight is 341 g/mol. The van der Waals surface area contributed by atoms with Gasteiger partial charge in [0.05, 0.1) is 12.5 Å². The molecule has 2 heterocycles. The summed E-state index contributed by atoms with van der Waals surface area (Å²) >= 11 is 0. The van der Waals surface area contributed by atoms with E-state index in [1.54, 1.807) is 0 Å². The highest BCUT2D eigenvalue weighted by atomic mass is 16.3. The van der Waals surface area contributed by atoms with Crippen LogP contribution in [0.3, 0.4) is 0 Å². The molecule has 0 spiro atoms. The summed E-state index contributed by atoms with van der Waals surface area (Å²) in [5.74, 6) is 0.211. The van der Waals surface area contributed by atoms with Crippen molar-refractivity contribution >= 4 is 16.8 Å². The molecule has 2 unspecified atom stereocenters. The molecule has 0 radical (unpaired) electrons. The number of para-hydroxylation sites is 1. The third-order valence-electron chi connectivity index (χ3n) is 5.90. The molecule has 5 nitrogen and oxygen atoms in total. The maximum Gasteiger partial charge on any atom is 0.227 e. The van der Waals surface area contributed by atoms with Crippen LogP contribution >= 0.6 is 0 Å². The number of hydrogen-bond donors (Lipinski definition) is 1. The summed E-state index contributed by atoms with van der Waals surface area (Å²) in [6, 6.07) is 8.55.